The normalized spacial score (nSPS) is 14.1. The fourth-order valence-electron chi connectivity index (χ4n) is 3.67. The van der Waals surface area contributed by atoms with Crippen molar-refractivity contribution in [1.82, 2.24) is 9.21 Å². The topological polar surface area (TPSA) is 76.2 Å². The highest BCUT2D eigenvalue weighted by atomic mass is 32.2. The number of rotatable bonds is 7. The van der Waals surface area contributed by atoms with Crippen LogP contribution in [0.25, 0.3) is 0 Å². The average Bonchev–Trinajstić information content (AvgIpc) is 2.78. The van der Waals surface area contributed by atoms with E-state index in [1.54, 1.807) is 31.3 Å². The molecule has 0 aromatic heterocycles. The first-order valence-corrected chi connectivity index (χ1v) is 11.4. The molecule has 0 saturated carbocycles. The van der Waals surface area contributed by atoms with Crippen LogP contribution in [0.3, 0.4) is 0 Å². The largest absolute Gasteiger partial charge is 0.493 e. The van der Waals surface area contributed by atoms with E-state index < -0.39 is 10.0 Å². The van der Waals surface area contributed by atoms with Crippen LogP contribution in [0.4, 0.5) is 0 Å². The zero-order valence-electron chi connectivity index (χ0n) is 17.8. The highest BCUT2D eigenvalue weighted by Crippen LogP contribution is 2.34. The van der Waals surface area contributed by atoms with Gasteiger partial charge in [0.25, 0.3) is 5.91 Å². The second-order valence-electron chi connectivity index (χ2n) is 7.07. The molecule has 30 heavy (non-hydrogen) atoms. The van der Waals surface area contributed by atoms with Crippen molar-refractivity contribution in [2.45, 2.75) is 31.7 Å². The number of carbonyl (C=O) groups is 1. The summed E-state index contributed by atoms with van der Waals surface area (Å²) in [6.45, 7) is 5.69. The first kappa shape index (κ1) is 22.1. The van der Waals surface area contributed by atoms with E-state index in [1.807, 2.05) is 26.0 Å². The molecule has 0 bridgehead atoms. The molecular formula is C22H28N2O5S. The predicted molar refractivity (Wildman–Crippen MR) is 115 cm³/mol. The Hall–Kier alpha value is -2.58. The zero-order chi connectivity index (χ0) is 21.9. The van der Waals surface area contributed by atoms with Crippen LogP contribution in [0.1, 0.15) is 35.3 Å². The van der Waals surface area contributed by atoms with E-state index >= 15 is 0 Å². The van der Waals surface area contributed by atoms with Gasteiger partial charge in [0, 0.05) is 31.7 Å². The Labute approximate surface area is 178 Å². The van der Waals surface area contributed by atoms with E-state index in [9.17, 15) is 13.2 Å². The van der Waals surface area contributed by atoms with Crippen molar-refractivity contribution in [3.63, 3.8) is 0 Å². The molecule has 1 aliphatic heterocycles. The summed E-state index contributed by atoms with van der Waals surface area (Å²) in [4.78, 5) is 14.3. The monoisotopic (exact) mass is 432 g/mol. The fourth-order valence-corrected chi connectivity index (χ4v) is 5.09. The first-order valence-electron chi connectivity index (χ1n) is 9.98. The van der Waals surface area contributed by atoms with E-state index in [0.717, 1.165) is 11.1 Å². The maximum atomic E-state index is 13.2. The van der Waals surface area contributed by atoms with Gasteiger partial charge in [-0.3, -0.25) is 4.79 Å². The number of sulfonamides is 1. The molecule has 0 fully saturated rings. The molecule has 2 aromatic rings. The molecule has 1 aliphatic rings. The van der Waals surface area contributed by atoms with Gasteiger partial charge in [-0.25, -0.2) is 8.42 Å². The standard InChI is InChI=1S/C22H28N2O5S/c1-5-23(6-2)22(25)16-7-9-19(10-8-16)30(26,27)24-12-11-17-13-20(28-3)21(29-4)14-18(17)15-24/h7-10,13-14H,5-6,11-12,15H2,1-4H3. The lowest BCUT2D eigenvalue weighted by Gasteiger charge is -2.29. The lowest BCUT2D eigenvalue weighted by atomic mass is 10.0. The lowest BCUT2D eigenvalue weighted by Crippen LogP contribution is -2.36. The van der Waals surface area contributed by atoms with Crippen molar-refractivity contribution in [3.05, 3.63) is 53.1 Å². The van der Waals surface area contributed by atoms with E-state index in [-0.39, 0.29) is 17.3 Å². The Morgan fingerprint density at radius 3 is 2.10 bits per heavy atom. The summed E-state index contributed by atoms with van der Waals surface area (Å²) in [5.41, 5.74) is 2.44. The summed E-state index contributed by atoms with van der Waals surface area (Å²) >= 11 is 0. The number of amides is 1. The predicted octanol–water partition coefficient (Wildman–Crippen LogP) is 2.93. The SMILES string of the molecule is CCN(CC)C(=O)c1ccc(S(=O)(=O)N2CCc3cc(OC)c(OC)cc3C2)cc1. The summed E-state index contributed by atoms with van der Waals surface area (Å²) in [6.07, 6.45) is 0.591. The van der Waals surface area contributed by atoms with Gasteiger partial charge in [0.15, 0.2) is 11.5 Å². The Morgan fingerprint density at radius 2 is 1.57 bits per heavy atom. The van der Waals surface area contributed by atoms with Crippen LogP contribution in [0.2, 0.25) is 0 Å². The first-order chi connectivity index (χ1) is 14.3. The quantitative estimate of drug-likeness (QED) is 0.672. The van der Waals surface area contributed by atoms with Crippen molar-refractivity contribution < 1.29 is 22.7 Å². The van der Waals surface area contributed by atoms with Crippen LogP contribution in [0.15, 0.2) is 41.3 Å². The number of hydrogen-bond acceptors (Lipinski definition) is 5. The molecular weight excluding hydrogens is 404 g/mol. The number of benzene rings is 2. The maximum Gasteiger partial charge on any atom is 0.253 e. The Kier molecular flexibility index (Phi) is 6.67. The molecule has 0 saturated heterocycles. The number of nitrogens with zero attached hydrogens (tertiary/aromatic N) is 2. The van der Waals surface area contributed by atoms with Crippen molar-refractivity contribution in [2.75, 3.05) is 33.9 Å². The minimum Gasteiger partial charge on any atom is -0.493 e. The van der Waals surface area contributed by atoms with Crippen molar-refractivity contribution >= 4 is 15.9 Å². The van der Waals surface area contributed by atoms with Crippen LogP contribution < -0.4 is 9.47 Å². The fraction of sp³-hybridized carbons (Fsp3) is 0.409. The third-order valence-corrected chi connectivity index (χ3v) is 7.33. The molecule has 0 radical (unpaired) electrons. The van der Waals surface area contributed by atoms with Gasteiger partial charge < -0.3 is 14.4 Å². The summed E-state index contributed by atoms with van der Waals surface area (Å²) < 4.78 is 38.5. The van der Waals surface area contributed by atoms with Gasteiger partial charge in [0.2, 0.25) is 10.0 Å². The summed E-state index contributed by atoms with van der Waals surface area (Å²) in [5, 5.41) is 0. The van der Waals surface area contributed by atoms with Gasteiger partial charge in [-0.15, -0.1) is 0 Å². The Balaban J connectivity index is 1.84. The van der Waals surface area contributed by atoms with Gasteiger partial charge in [0.05, 0.1) is 19.1 Å². The van der Waals surface area contributed by atoms with E-state index in [2.05, 4.69) is 0 Å². The number of methoxy groups -OCH3 is 2. The maximum absolute atomic E-state index is 13.2. The third-order valence-electron chi connectivity index (χ3n) is 5.47. The number of ether oxygens (including phenoxy) is 2. The lowest BCUT2D eigenvalue weighted by molar-refractivity contribution is 0.0773. The Bertz CT molecular complexity index is 1010. The van der Waals surface area contributed by atoms with Gasteiger partial charge in [0.1, 0.15) is 0 Å². The molecule has 7 nitrogen and oxygen atoms in total. The van der Waals surface area contributed by atoms with Crippen molar-refractivity contribution in [3.8, 4) is 11.5 Å². The molecule has 1 heterocycles. The summed E-state index contributed by atoms with van der Waals surface area (Å²) in [5.74, 6) is 1.12. The highest BCUT2D eigenvalue weighted by molar-refractivity contribution is 7.89. The van der Waals surface area contributed by atoms with Crippen molar-refractivity contribution in [2.24, 2.45) is 0 Å². The zero-order valence-corrected chi connectivity index (χ0v) is 18.7. The molecule has 2 aromatic carbocycles. The molecule has 0 atom stereocenters. The second kappa shape index (κ2) is 9.06. The van der Waals surface area contributed by atoms with E-state index in [4.69, 9.17) is 9.47 Å². The third kappa shape index (κ3) is 4.15. The molecule has 0 N–H and O–H groups in total. The average molecular weight is 433 g/mol. The molecule has 8 heteroatoms. The minimum atomic E-state index is -3.68. The minimum absolute atomic E-state index is 0.100. The van der Waals surface area contributed by atoms with E-state index in [1.165, 1.54) is 16.4 Å². The van der Waals surface area contributed by atoms with Gasteiger partial charge in [-0.05, 0) is 67.8 Å². The van der Waals surface area contributed by atoms with Gasteiger partial charge in [-0.2, -0.15) is 4.31 Å². The smallest absolute Gasteiger partial charge is 0.253 e. The van der Waals surface area contributed by atoms with Crippen LogP contribution in [0, 0.1) is 0 Å². The molecule has 0 unspecified atom stereocenters. The van der Waals surface area contributed by atoms with Crippen LogP contribution in [0.5, 0.6) is 11.5 Å². The summed E-state index contributed by atoms with van der Waals surface area (Å²) in [7, 11) is -0.537. The highest BCUT2D eigenvalue weighted by Gasteiger charge is 2.29. The van der Waals surface area contributed by atoms with Crippen LogP contribution >= 0.6 is 0 Å². The Morgan fingerprint density at radius 1 is 1.00 bits per heavy atom. The molecule has 1 amide bonds. The van der Waals surface area contributed by atoms with Crippen LogP contribution in [-0.4, -0.2) is 57.4 Å². The summed E-state index contributed by atoms with van der Waals surface area (Å²) in [6, 6.07) is 9.93. The molecule has 0 aliphatic carbocycles. The number of fused-ring (bicyclic) bond motifs is 1. The van der Waals surface area contributed by atoms with E-state index in [0.29, 0.717) is 43.1 Å². The van der Waals surface area contributed by atoms with Gasteiger partial charge in [-0.1, -0.05) is 0 Å². The van der Waals surface area contributed by atoms with Crippen LogP contribution in [-0.2, 0) is 23.0 Å². The molecule has 162 valence electrons. The van der Waals surface area contributed by atoms with Gasteiger partial charge >= 0.3 is 0 Å². The molecule has 0 spiro atoms. The number of carbonyl (C=O) groups excluding carboxylic acids is 1. The number of hydrogen-bond donors (Lipinski definition) is 0. The molecule has 3 rings (SSSR count). The second-order valence-corrected chi connectivity index (χ2v) is 9.00. The van der Waals surface area contributed by atoms with Crippen molar-refractivity contribution in [1.29, 1.82) is 0 Å².